The maximum atomic E-state index is 6.02. The zero-order chi connectivity index (χ0) is 12.3. The normalized spacial score (nSPS) is 10.1. The van der Waals surface area contributed by atoms with Crippen LogP contribution in [-0.4, -0.2) is 12.1 Å². The molecule has 0 bridgehead atoms. The van der Waals surface area contributed by atoms with E-state index in [4.69, 9.17) is 32.7 Å². The highest BCUT2D eigenvalue weighted by Gasteiger charge is 2.06. The predicted octanol–water partition coefficient (Wildman–Crippen LogP) is 3.99. The number of methoxy groups -OCH3 is 1. The van der Waals surface area contributed by atoms with E-state index in [2.05, 4.69) is 11.1 Å². The fourth-order valence-electron chi connectivity index (χ4n) is 1.21. The predicted molar refractivity (Wildman–Crippen MR) is 66.2 cm³/mol. The highest BCUT2D eigenvalue weighted by molar-refractivity contribution is 6.32. The van der Waals surface area contributed by atoms with Crippen molar-refractivity contribution in [2.75, 3.05) is 7.11 Å². The molecule has 0 unspecified atom stereocenters. The average molecular weight is 269 g/mol. The van der Waals surface area contributed by atoms with Crippen molar-refractivity contribution in [2.24, 2.45) is 0 Å². The lowest BCUT2D eigenvalue weighted by Gasteiger charge is -2.07. The molecular weight excluding hydrogens is 261 g/mol. The molecule has 3 nitrogen and oxygen atoms in total. The maximum Gasteiger partial charge on any atom is 0.220 e. The lowest BCUT2D eigenvalue weighted by Crippen LogP contribution is -1.89. The number of ether oxygens (including phenoxy) is 2. The second-order valence-corrected chi connectivity index (χ2v) is 3.88. The molecular formula is C12H8Cl2NO2. The van der Waals surface area contributed by atoms with Crippen LogP contribution in [0.1, 0.15) is 0 Å². The van der Waals surface area contributed by atoms with E-state index in [9.17, 15) is 0 Å². The van der Waals surface area contributed by atoms with E-state index in [0.717, 1.165) is 0 Å². The fraction of sp³-hybridized carbons (Fsp3) is 0.0833. The third kappa shape index (κ3) is 3.02. The molecule has 0 fully saturated rings. The molecule has 0 spiro atoms. The highest BCUT2D eigenvalue weighted by Crippen LogP contribution is 2.31. The molecule has 0 N–H and O–H groups in total. The van der Waals surface area contributed by atoms with Gasteiger partial charge in [-0.05, 0) is 18.2 Å². The molecule has 1 aromatic carbocycles. The standard InChI is InChI=1S/C12H8Cl2NO2/c1-16-8-5-6-10(9(13)7-8)17-12-4-2-3-11(14)15-12/h2,4-7H,1H3. The van der Waals surface area contributed by atoms with Crippen LogP contribution >= 0.6 is 23.2 Å². The molecule has 87 valence electrons. The molecule has 1 radical (unpaired) electrons. The lowest BCUT2D eigenvalue weighted by molar-refractivity contribution is 0.412. The first-order valence-electron chi connectivity index (χ1n) is 4.74. The lowest BCUT2D eigenvalue weighted by atomic mass is 10.3. The van der Waals surface area contributed by atoms with E-state index in [-0.39, 0.29) is 5.15 Å². The Morgan fingerprint density at radius 3 is 2.71 bits per heavy atom. The molecule has 5 heteroatoms. The molecule has 2 rings (SSSR count). The summed E-state index contributed by atoms with van der Waals surface area (Å²) in [4.78, 5) is 3.95. The number of hydrogen-bond acceptors (Lipinski definition) is 3. The smallest absolute Gasteiger partial charge is 0.220 e. The van der Waals surface area contributed by atoms with Gasteiger partial charge < -0.3 is 9.47 Å². The zero-order valence-corrected chi connectivity index (χ0v) is 10.4. The number of nitrogens with zero attached hydrogens (tertiary/aromatic N) is 1. The monoisotopic (exact) mass is 268 g/mol. The van der Waals surface area contributed by atoms with Crippen LogP contribution in [0.15, 0.2) is 30.3 Å². The molecule has 1 heterocycles. The van der Waals surface area contributed by atoms with E-state index < -0.39 is 0 Å². The van der Waals surface area contributed by atoms with Gasteiger partial charge in [-0.3, -0.25) is 0 Å². The van der Waals surface area contributed by atoms with Gasteiger partial charge in [0.1, 0.15) is 16.7 Å². The summed E-state index contributed by atoms with van der Waals surface area (Å²) in [5.74, 6) is 1.51. The fourth-order valence-corrected chi connectivity index (χ4v) is 1.56. The minimum atomic E-state index is 0.243. The largest absolute Gasteiger partial charge is 0.497 e. The van der Waals surface area contributed by atoms with Gasteiger partial charge in [-0.1, -0.05) is 23.2 Å². The van der Waals surface area contributed by atoms with Crippen LogP contribution in [-0.2, 0) is 0 Å². The molecule has 0 aliphatic carbocycles. The van der Waals surface area contributed by atoms with Gasteiger partial charge in [0, 0.05) is 18.2 Å². The third-order valence-electron chi connectivity index (χ3n) is 1.99. The quantitative estimate of drug-likeness (QED) is 0.789. The number of benzene rings is 1. The van der Waals surface area contributed by atoms with Gasteiger partial charge in [-0.2, -0.15) is 0 Å². The van der Waals surface area contributed by atoms with E-state index >= 15 is 0 Å². The van der Waals surface area contributed by atoms with Crippen LogP contribution in [0.4, 0.5) is 0 Å². The van der Waals surface area contributed by atoms with Crippen LogP contribution in [0.2, 0.25) is 10.2 Å². The Morgan fingerprint density at radius 1 is 1.24 bits per heavy atom. The maximum absolute atomic E-state index is 6.02. The Balaban J connectivity index is 2.24. The second kappa shape index (κ2) is 5.25. The van der Waals surface area contributed by atoms with Crippen LogP contribution < -0.4 is 9.47 Å². The number of aromatic nitrogens is 1. The molecule has 0 saturated carbocycles. The van der Waals surface area contributed by atoms with Gasteiger partial charge in [-0.25, -0.2) is 4.98 Å². The van der Waals surface area contributed by atoms with Crippen LogP contribution in [0, 0.1) is 6.07 Å². The molecule has 1 aromatic heterocycles. The zero-order valence-electron chi connectivity index (χ0n) is 8.91. The second-order valence-electron chi connectivity index (χ2n) is 3.12. The number of hydrogen-bond donors (Lipinski definition) is 0. The van der Waals surface area contributed by atoms with E-state index in [1.54, 1.807) is 37.4 Å². The van der Waals surface area contributed by atoms with Crippen molar-refractivity contribution in [3.8, 4) is 17.4 Å². The van der Waals surface area contributed by atoms with Crippen LogP contribution in [0.25, 0.3) is 0 Å². The first-order chi connectivity index (χ1) is 8.19. The Morgan fingerprint density at radius 2 is 2.06 bits per heavy atom. The summed E-state index contributed by atoms with van der Waals surface area (Å²) in [5.41, 5.74) is 0. The summed E-state index contributed by atoms with van der Waals surface area (Å²) in [6.07, 6.45) is 0. The van der Waals surface area contributed by atoms with Crippen molar-refractivity contribution < 1.29 is 9.47 Å². The summed E-state index contributed by atoms with van der Waals surface area (Å²) in [7, 11) is 1.57. The van der Waals surface area contributed by atoms with E-state index in [0.29, 0.717) is 22.4 Å². The van der Waals surface area contributed by atoms with Gasteiger partial charge in [0.05, 0.1) is 12.1 Å². The first-order valence-corrected chi connectivity index (χ1v) is 5.50. The Hall–Kier alpha value is -1.45. The highest BCUT2D eigenvalue weighted by atomic mass is 35.5. The van der Waals surface area contributed by atoms with Gasteiger partial charge in [0.2, 0.25) is 5.88 Å². The summed E-state index contributed by atoms with van der Waals surface area (Å²) in [6.45, 7) is 0. The molecule has 0 aliphatic heterocycles. The summed E-state index contributed by atoms with van der Waals surface area (Å²) < 4.78 is 10.5. The van der Waals surface area contributed by atoms with Gasteiger partial charge in [-0.15, -0.1) is 0 Å². The Labute approximate surface area is 109 Å². The topological polar surface area (TPSA) is 31.4 Å². The summed E-state index contributed by atoms with van der Waals surface area (Å²) >= 11 is 11.7. The molecule has 0 amide bonds. The van der Waals surface area contributed by atoms with Gasteiger partial charge in [0.15, 0.2) is 0 Å². The van der Waals surface area contributed by atoms with Crippen LogP contribution in [0.3, 0.4) is 0 Å². The van der Waals surface area contributed by atoms with Gasteiger partial charge in [0.25, 0.3) is 0 Å². The first kappa shape index (κ1) is 12.0. The number of rotatable bonds is 3. The van der Waals surface area contributed by atoms with Gasteiger partial charge >= 0.3 is 0 Å². The molecule has 17 heavy (non-hydrogen) atoms. The number of pyridine rings is 1. The minimum Gasteiger partial charge on any atom is -0.497 e. The SMILES string of the molecule is COc1ccc(Oc2cc[c]c(Cl)n2)c(Cl)c1. The molecule has 2 aromatic rings. The van der Waals surface area contributed by atoms with Crippen molar-refractivity contribution in [1.82, 2.24) is 4.98 Å². The Kier molecular flexibility index (Phi) is 3.71. The van der Waals surface area contributed by atoms with Crippen LogP contribution in [0.5, 0.6) is 17.4 Å². The molecule has 0 saturated heterocycles. The molecule has 0 aliphatic rings. The van der Waals surface area contributed by atoms with E-state index in [1.807, 2.05) is 0 Å². The summed E-state index contributed by atoms with van der Waals surface area (Å²) in [5, 5.41) is 0.683. The van der Waals surface area contributed by atoms with Crippen molar-refractivity contribution in [1.29, 1.82) is 0 Å². The van der Waals surface area contributed by atoms with Crippen molar-refractivity contribution in [3.63, 3.8) is 0 Å². The third-order valence-corrected chi connectivity index (χ3v) is 2.48. The molecule has 0 atom stereocenters. The van der Waals surface area contributed by atoms with E-state index in [1.165, 1.54) is 0 Å². The Bertz CT molecular complexity index is 532. The number of halogens is 2. The van der Waals surface area contributed by atoms with Crippen molar-refractivity contribution in [2.45, 2.75) is 0 Å². The summed E-state index contributed by atoms with van der Waals surface area (Å²) in [6, 6.07) is 11.1. The van der Waals surface area contributed by atoms with Crippen molar-refractivity contribution >= 4 is 23.2 Å². The average Bonchev–Trinajstić information content (AvgIpc) is 2.32. The minimum absolute atomic E-state index is 0.243. The van der Waals surface area contributed by atoms with Crippen molar-refractivity contribution in [3.05, 3.63) is 46.6 Å².